The van der Waals surface area contributed by atoms with E-state index in [1.54, 1.807) is 0 Å². The third-order valence-corrected chi connectivity index (χ3v) is 1.43. The van der Waals surface area contributed by atoms with Crippen molar-refractivity contribution in [2.24, 2.45) is 0 Å². The van der Waals surface area contributed by atoms with Crippen LogP contribution in [0.2, 0.25) is 0 Å². The van der Waals surface area contributed by atoms with Crippen LogP contribution in [-0.4, -0.2) is 10.9 Å². The maximum Gasteiger partial charge on any atom is 0.230 e. The molecule has 1 aromatic heterocycles. The summed E-state index contributed by atoms with van der Waals surface area (Å²) in [6.07, 6.45) is 1.82. The van der Waals surface area contributed by atoms with Crippen molar-refractivity contribution in [2.45, 2.75) is 6.61 Å². The molecule has 0 unspecified atom stereocenters. The molecule has 0 fully saturated rings. The van der Waals surface area contributed by atoms with Gasteiger partial charge in [-0.3, -0.25) is 5.41 Å². The van der Waals surface area contributed by atoms with Gasteiger partial charge in [-0.25, -0.2) is 0 Å². The van der Waals surface area contributed by atoms with E-state index in [1.807, 2.05) is 12.3 Å². The number of ether oxygens (including phenoxy) is 1. The molecule has 2 rings (SSSR count). The molecule has 1 aromatic rings. The lowest BCUT2D eigenvalue weighted by Crippen LogP contribution is -1.93. The minimum Gasteiger partial charge on any atom is -0.472 e. The van der Waals surface area contributed by atoms with Crippen LogP contribution < -0.4 is 0 Å². The van der Waals surface area contributed by atoms with Gasteiger partial charge in [0.25, 0.3) is 0 Å². The first kappa shape index (κ1) is 4.61. The van der Waals surface area contributed by atoms with Gasteiger partial charge in [0.2, 0.25) is 5.90 Å². The van der Waals surface area contributed by atoms with Crippen molar-refractivity contribution in [1.82, 2.24) is 4.98 Å². The quantitative estimate of drug-likeness (QED) is 0.527. The summed E-state index contributed by atoms with van der Waals surface area (Å²) in [4.78, 5) is 2.92. The lowest BCUT2D eigenvalue weighted by atomic mass is 10.3. The Balaban J connectivity index is 2.61. The Labute approximate surface area is 52.2 Å². The first-order valence-electron chi connectivity index (χ1n) is 2.76. The van der Waals surface area contributed by atoms with Crippen molar-refractivity contribution in [3.05, 3.63) is 23.5 Å². The fourth-order valence-electron chi connectivity index (χ4n) is 0.955. The predicted molar refractivity (Wildman–Crippen MR) is 32.4 cm³/mol. The molecule has 0 atom stereocenters. The van der Waals surface area contributed by atoms with Crippen LogP contribution in [0.4, 0.5) is 0 Å². The van der Waals surface area contributed by atoms with Gasteiger partial charge in [-0.2, -0.15) is 0 Å². The minimum atomic E-state index is 0.259. The normalized spacial score (nSPS) is 15.3. The summed E-state index contributed by atoms with van der Waals surface area (Å²) >= 11 is 0. The highest BCUT2D eigenvalue weighted by atomic mass is 16.5. The molecule has 0 aromatic carbocycles. The zero-order chi connectivity index (χ0) is 6.27. The molecule has 0 amide bonds. The van der Waals surface area contributed by atoms with Crippen molar-refractivity contribution in [1.29, 1.82) is 5.41 Å². The Morgan fingerprint density at radius 1 is 1.67 bits per heavy atom. The van der Waals surface area contributed by atoms with Gasteiger partial charge < -0.3 is 9.72 Å². The monoisotopic (exact) mass is 122 g/mol. The fraction of sp³-hybridized carbons (Fsp3) is 0.167. The summed E-state index contributed by atoms with van der Waals surface area (Å²) in [6, 6.07) is 1.93. The van der Waals surface area contributed by atoms with Gasteiger partial charge in [0.05, 0.1) is 0 Å². The molecule has 0 bridgehead atoms. The third kappa shape index (κ3) is 0.483. The molecule has 2 N–H and O–H groups in total. The highest BCUT2D eigenvalue weighted by Gasteiger charge is 2.17. The number of aromatic amines is 1. The number of nitrogens with one attached hydrogen (secondary N) is 2. The summed E-state index contributed by atoms with van der Waals surface area (Å²) in [5, 5.41) is 7.19. The first-order chi connectivity index (χ1) is 4.38. The second-order valence-electron chi connectivity index (χ2n) is 2.00. The zero-order valence-electron chi connectivity index (χ0n) is 4.77. The highest BCUT2D eigenvalue weighted by Crippen LogP contribution is 2.16. The van der Waals surface area contributed by atoms with Gasteiger partial charge in [0, 0.05) is 11.8 Å². The van der Waals surface area contributed by atoms with E-state index in [1.165, 1.54) is 0 Å². The summed E-state index contributed by atoms with van der Waals surface area (Å²) in [5.41, 5.74) is 1.91. The fourth-order valence-corrected chi connectivity index (χ4v) is 0.955. The average Bonchev–Trinajstić information content (AvgIpc) is 2.35. The Bertz CT molecular complexity index is 251. The van der Waals surface area contributed by atoms with Crippen LogP contribution in [0.3, 0.4) is 0 Å². The smallest absolute Gasteiger partial charge is 0.230 e. The van der Waals surface area contributed by atoms with E-state index in [4.69, 9.17) is 10.1 Å². The molecular weight excluding hydrogens is 116 g/mol. The summed E-state index contributed by atoms with van der Waals surface area (Å²) in [5.74, 6) is 0.259. The van der Waals surface area contributed by atoms with Gasteiger partial charge in [-0.1, -0.05) is 0 Å². The number of aromatic nitrogens is 1. The average molecular weight is 122 g/mol. The molecule has 0 spiro atoms. The molecule has 1 aliphatic rings. The SMILES string of the molecule is N=C1OCc2cc[nH]c21. The highest BCUT2D eigenvalue weighted by molar-refractivity contribution is 5.93. The van der Waals surface area contributed by atoms with Crippen LogP contribution in [-0.2, 0) is 11.3 Å². The summed E-state index contributed by atoms with van der Waals surface area (Å²) in [7, 11) is 0. The summed E-state index contributed by atoms with van der Waals surface area (Å²) in [6.45, 7) is 0.553. The second-order valence-corrected chi connectivity index (χ2v) is 2.00. The zero-order valence-corrected chi connectivity index (χ0v) is 4.77. The van der Waals surface area contributed by atoms with Crippen molar-refractivity contribution in [3.8, 4) is 0 Å². The van der Waals surface area contributed by atoms with Gasteiger partial charge in [0.15, 0.2) is 0 Å². The molecule has 46 valence electrons. The van der Waals surface area contributed by atoms with E-state index in [-0.39, 0.29) is 5.90 Å². The topological polar surface area (TPSA) is 48.9 Å². The molecule has 3 nitrogen and oxygen atoms in total. The van der Waals surface area contributed by atoms with E-state index in [0.717, 1.165) is 11.3 Å². The Morgan fingerprint density at radius 2 is 2.56 bits per heavy atom. The molecule has 1 aliphatic heterocycles. The lowest BCUT2D eigenvalue weighted by Gasteiger charge is -1.89. The van der Waals surface area contributed by atoms with Crippen molar-refractivity contribution < 1.29 is 4.74 Å². The number of fused-ring (bicyclic) bond motifs is 1. The summed E-state index contributed by atoms with van der Waals surface area (Å²) < 4.78 is 4.92. The maximum absolute atomic E-state index is 7.19. The van der Waals surface area contributed by atoms with Crippen LogP contribution in [0.5, 0.6) is 0 Å². The van der Waals surface area contributed by atoms with E-state index >= 15 is 0 Å². The van der Waals surface area contributed by atoms with Crippen LogP contribution in [0.1, 0.15) is 11.3 Å². The Morgan fingerprint density at radius 3 is 3.33 bits per heavy atom. The Hall–Kier alpha value is -1.25. The second kappa shape index (κ2) is 1.37. The van der Waals surface area contributed by atoms with E-state index in [9.17, 15) is 0 Å². The number of hydrogen-bond acceptors (Lipinski definition) is 2. The molecule has 0 radical (unpaired) electrons. The van der Waals surface area contributed by atoms with Crippen LogP contribution >= 0.6 is 0 Å². The van der Waals surface area contributed by atoms with Gasteiger partial charge in [-0.15, -0.1) is 0 Å². The van der Waals surface area contributed by atoms with E-state index in [2.05, 4.69) is 4.98 Å². The molecule has 3 heteroatoms. The van der Waals surface area contributed by atoms with Crippen molar-refractivity contribution in [3.63, 3.8) is 0 Å². The van der Waals surface area contributed by atoms with Crippen LogP contribution in [0, 0.1) is 5.41 Å². The van der Waals surface area contributed by atoms with Crippen molar-refractivity contribution in [2.75, 3.05) is 0 Å². The third-order valence-electron chi connectivity index (χ3n) is 1.43. The van der Waals surface area contributed by atoms with Crippen LogP contribution in [0.15, 0.2) is 12.3 Å². The molecule has 2 heterocycles. The first-order valence-corrected chi connectivity index (χ1v) is 2.76. The molecule has 9 heavy (non-hydrogen) atoms. The Kier molecular flexibility index (Phi) is 0.704. The van der Waals surface area contributed by atoms with Crippen molar-refractivity contribution >= 4 is 5.90 Å². The predicted octanol–water partition coefficient (Wildman–Crippen LogP) is 0.870. The number of rotatable bonds is 0. The lowest BCUT2D eigenvalue weighted by molar-refractivity contribution is 0.309. The molecule has 0 saturated carbocycles. The number of H-pyrrole nitrogens is 1. The maximum atomic E-state index is 7.19. The van der Waals surface area contributed by atoms with E-state index in [0.29, 0.717) is 6.61 Å². The molecule has 0 saturated heterocycles. The van der Waals surface area contributed by atoms with Gasteiger partial charge in [0.1, 0.15) is 12.3 Å². The molecular formula is C6H6N2O. The minimum absolute atomic E-state index is 0.259. The largest absolute Gasteiger partial charge is 0.472 e. The van der Waals surface area contributed by atoms with Crippen LogP contribution in [0.25, 0.3) is 0 Å². The van der Waals surface area contributed by atoms with Gasteiger partial charge in [-0.05, 0) is 6.07 Å². The molecule has 0 aliphatic carbocycles. The standard InChI is InChI=1S/C6H6N2O/c7-6-5-4(3-9-6)1-2-8-5/h1-2,7-8H,3H2. The number of hydrogen-bond donors (Lipinski definition) is 2. The van der Waals surface area contributed by atoms with E-state index < -0.39 is 0 Å². The van der Waals surface area contributed by atoms with Gasteiger partial charge >= 0.3 is 0 Å².